The van der Waals surface area contributed by atoms with Crippen LogP contribution in [0.25, 0.3) is 0 Å². The van der Waals surface area contributed by atoms with Gasteiger partial charge in [0, 0.05) is 4.83 Å². The standard InChI is InChI=1S/C15H21Br/c1-2-15(16)11-8-12-6-9-14(10-7-12)13-4-3-5-13/h6-7,9-10,13,15H,2-5,8,11H2,1H3. The molecular formula is C15H21Br. The van der Waals surface area contributed by atoms with E-state index in [2.05, 4.69) is 47.1 Å². The molecular weight excluding hydrogens is 260 g/mol. The molecule has 0 N–H and O–H groups in total. The zero-order chi connectivity index (χ0) is 11.4. The largest absolute Gasteiger partial charge is 0.0891 e. The summed E-state index contributed by atoms with van der Waals surface area (Å²) in [5, 5.41) is 0. The third kappa shape index (κ3) is 3.10. The summed E-state index contributed by atoms with van der Waals surface area (Å²) in [5.74, 6) is 0.869. The molecule has 0 saturated heterocycles. The smallest absolute Gasteiger partial charge is 0.0146 e. The SMILES string of the molecule is CCC(Br)CCc1ccc(C2CCC2)cc1. The fourth-order valence-electron chi connectivity index (χ4n) is 2.23. The van der Waals surface area contributed by atoms with E-state index in [0.29, 0.717) is 4.83 Å². The van der Waals surface area contributed by atoms with Gasteiger partial charge in [-0.2, -0.15) is 0 Å². The molecule has 1 heteroatoms. The van der Waals surface area contributed by atoms with Crippen molar-refractivity contribution in [3.8, 4) is 0 Å². The highest BCUT2D eigenvalue weighted by Crippen LogP contribution is 2.36. The Morgan fingerprint density at radius 2 is 1.94 bits per heavy atom. The summed E-state index contributed by atoms with van der Waals surface area (Å²) >= 11 is 3.69. The lowest BCUT2D eigenvalue weighted by atomic mass is 9.80. The first-order valence-corrected chi connectivity index (χ1v) is 7.44. The third-order valence-electron chi connectivity index (χ3n) is 3.75. The van der Waals surface area contributed by atoms with Crippen LogP contribution < -0.4 is 0 Å². The number of rotatable bonds is 5. The second-order valence-corrected chi connectivity index (χ2v) is 6.21. The highest BCUT2D eigenvalue weighted by atomic mass is 79.9. The zero-order valence-electron chi connectivity index (χ0n) is 10.1. The van der Waals surface area contributed by atoms with E-state index in [9.17, 15) is 0 Å². The number of benzene rings is 1. The van der Waals surface area contributed by atoms with Crippen molar-refractivity contribution >= 4 is 15.9 Å². The molecule has 0 aliphatic heterocycles. The van der Waals surface area contributed by atoms with Crippen LogP contribution in [0.5, 0.6) is 0 Å². The van der Waals surface area contributed by atoms with Crippen LogP contribution in [0.3, 0.4) is 0 Å². The lowest BCUT2D eigenvalue weighted by Crippen LogP contribution is -2.08. The molecule has 0 heterocycles. The van der Waals surface area contributed by atoms with Gasteiger partial charge in [-0.25, -0.2) is 0 Å². The van der Waals surface area contributed by atoms with Gasteiger partial charge in [0.25, 0.3) is 0 Å². The van der Waals surface area contributed by atoms with E-state index in [1.807, 2.05) is 0 Å². The average molecular weight is 281 g/mol. The summed E-state index contributed by atoms with van der Waals surface area (Å²) in [4.78, 5) is 0.679. The summed E-state index contributed by atoms with van der Waals surface area (Å²) in [7, 11) is 0. The lowest BCUT2D eigenvalue weighted by molar-refractivity contribution is 0.419. The van der Waals surface area contributed by atoms with Crippen LogP contribution in [-0.4, -0.2) is 4.83 Å². The molecule has 0 radical (unpaired) electrons. The predicted molar refractivity (Wildman–Crippen MR) is 74.4 cm³/mol. The summed E-state index contributed by atoms with van der Waals surface area (Å²) in [5.41, 5.74) is 3.04. The molecule has 0 spiro atoms. The molecule has 1 fully saturated rings. The zero-order valence-corrected chi connectivity index (χ0v) is 11.7. The summed E-state index contributed by atoms with van der Waals surface area (Å²) in [6.07, 6.45) is 7.90. The molecule has 1 atom stereocenters. The molecule has 1 aliphatic carbocycles. The van der Waals surface area contributed by atoms with Gasteiger partial charge in [-0.15, -0.1) is 0 Å². The van der Waals surface area contributed by atoms with Gasteiger partial charge in [-0.3, -0.25) is 0 Å². The first-order chi connectivity index (χ1) is 7.79. The van der Waals surface area contributed by atoms with Crippen LogP contribution in [0.4, 0.5) is 0 Å². The van der Waals surface area contributed by atoms with Crippen molar-refractivity contribution in [3.63, 3.8) is 0 Å². The van der Waals surface area contributed by atoms with E-state index in [4.69, 9.17) is 0 Å². The maximum Gasteiger partial charge on any atom is 0.0146 e. The molecule has 1 aromatic carbocycles. The topological polar surface area (TPSA) is 0 Å². The highest BCUT2D eigenvalue weighted by molar-refractivity contribution is 9.09. The monoisotopic (exact) mass is 280 g/mol. The Hall–Kier alpha value is -0.300. The van der Waals surface area contributed by atoms with Crippen molar-refractivity contribution in [3.05, 3.63) is 35.4 Å². The number of aryl methyl sites for hydroxylation is 1. The van der Waals surface area contributed by atoms with Gasteiger partial charge >= 0.3 is 0 Å². The Morgan fingerprint density at radius 3 is 2.44 bits per heavy atom. The minimum absolute atomic E-state index is 0.679. The van der Waals surface area contributed by atoms with Crippen LogP contribution in [0.1, 0.15) is 56.1 Å². The Morgan fingerprint density at radius 1 is 1.25 bits per heavy atom. The number of hydrogen-bond acceptors (Lipinski definition) is 0. The molecule has 1 saturated carbocycles. The van der Waals surface area contributed by atoms with Crippen molar-refractivity contribution in [2.24, 2.45) is 0 Å². The molecule has 0 aromatic heterocycles. The quantitative estimate of drug-likeness (QED) is 0.662. The second-order valence-electron chi connectivity index (χ2n) is 4.91. The van der Waals surface area contributed by atoms with Crippen molar-refractivity contribution in [1.29, 1.82) is 0 Å². The number of hydrogen-bond donors (Lipinski definition) is 0. The first-order valence-electron chi connectivity index (χ1n) is 6.52. The fourth-order valence-corrected chi connectivity index (χ4v) is 2.45. The number of alkyl halides is 1. The minimum atomic E-state index is 0.679. The van der Waals surface area contributed by atoms with Gasteiger partial charge < -0.3 is 0 Å². The second kappa shape index (κ2) is 5.86. The van der Waals surface area contributed by atoms with Gasteiger partial charge in [-0.1, -0.05) is 53.5 Å². The Kier molecular flexibility index (Phi) is 4.45. The molecule has 1 unspecified atom stereocenters. The first kappa shape index (κ1) is 12.2. The molecule has 1 aliphatic rings. The molecule has 1 aromatic rings. The van der Waals surface area contributed by atoms with Gasteiger partial charge in [0.1, 0.15) is 0 Å². The summed E-state index contributed by atoms with van der Waals surface area (Å²) in [6, 6.07) is 9.33. The Labute approximate surface area is 108 Å². The van der Waals surface area contributed by atoms with Crippen LogP contribution in [-0.2, 0) is 6.42 Å². The van der Waals surface area contributed by atoms with Crippen molar-refractivity contribution < 1.29 is 0 Å². The predicted octanol–water partition coefficient (Wildman–Crippen LogP) is 5.06. The van der Waals surface area contributed by atoms with E-state index in [-0.39, 0.29) is 0 Å². The maximum atomic E-state index is 3.69. The molecule has 0 nitrogen and oxygen atoms in total. The molecule has 0 bridgehead atoms. The summed E-state index contributed by atoms with van der Waals surface area (Å²) in [6.45, 7) is 2.24. The maximum absolute atomic E-state index is 3.69. The van der Waals surface area contributed by atoms with E-state index < -0.39 is 0 Å². The van der Waals surface area contributed by atoms with E-state index in [1.165, 1.54) is 44.1 Å². The van der Waals surface area contributed by atoms with Crippen LogP contribution in [0.2, 0.25) is 0 Å². The normalized spacial score (nSPS) is 18.1. The molecule has 88 valence electrons. The van der Waals surface area contributed by atoms with Gasteiger partial charge in [0.15, 0.2) is 0 Å². The van der Waals surface area contributed by atoms with Crippen LogP contribution >= 0.6 is 15.9 Å². The van der Waals surface area contributed by atoms with E-state index in [0.717, 1.165) is 5.92 Å². The van der Waals surface area contributed by atoms with Crippen molar-refractivity contribution in [1.82, 2.24) is 0 Å². The van der Waals surface area contributed by atoms with Crippen molar-refractivity contribution in [2.45, 2.75) is 56.2 Å². The van der Waals surface area contributed by atoms with E-state index >= 15 is 0 Å². The number of halogens is 1. The van der Waals surface area contributed by atoms with Crippen molar-refractivity contribution in [2.75, 3.05) is 0 Å². The van der Waals surface area contributed by atoms with Gasteiger partial charge in [0.2, 0.25) is 0 Å². The van der Waals surface area contributed by atoms with Gasteiger partial charge in [-0.05, 0) is 49.1 Å². The fraction of sp³-hybridized carbons (Fsp3) is 0.600. The molecule has 0 amide bonds. The average Bonchev–Trinajstić information content (AvgIpc) is 2.25. The summed E-state index contributed by atoms with van der Waals surface area (Å²) < 4.78 is 0. The molecule has 2 rings (SSSR count). The highest BCUT2D eigenvalue weighted by Gasteiger charge is 2.18. The van der Waals surface area contributed by atoms with E-state index in [1.54, 1.807) is 5.56 Å². The van der Waals surface area contributed by atoms with Crippen LogP contribution in [0, 0.1) is 0 Å². The Bertz CT molecular complexity index is 311. The molecule has 16 heavy (non-hydrogen) atoms. The minimum Gasteiger partial charge on any atom is -0.0891 e. The lowest BCUT2D eigenvalue weighted by Gasteiger charge is -2.25. The van der Waals surface area contributed by atoms with Crippen LogP contribution in [0.15, 0.2) is 24.3 Å². The van der Waals surface area contributed by atoms with Gasteiger partial charge in [0.05, 0.1) is 0 Å². The third-order valence-corrected chi connectivity index (χ3v) is 4.85. The Balaban J connectivity index is 1.86.